The van der Waals surface area contributed by atoms with Crippen molar-refractivity contribution in [3.8, 4) is 23.0 Å². The average Bonchev–Trinajstić information content (AvgIpc) is 3.78. The van der Waals surface area contributed by atoms with Crippen LogP contribution in [-0.4, -0.2) is 118 Å². The zero-order valence-electron chi connectivity index (χ0n) is 34.8. The number of aromatic nitrogens is 3. The Morgan fingerprint density at radius 1 is 0.952 bits per heavy atom. The van der Waals surface area contributed by atoms with E-state index in [4.69, 9.17) is 19.7 Å². The molecule has 62 heavy (non-hydrogen) atoms. The van der Waals surface area contributed by atoms with Gasteiger partial charge in [0.1, 0.15) is 35.4 Å². The number of piperazine rings is 1. The predicted molar refractivity (Wildman–Crippen MR) is 232 cm³/mol. The topological polar surface area (TPSA) is 156 Å². The van der Waals surface area contributed by atoms with Gasteiger partial charge < -0.3 is 29.9 Å². The number of carbonyl (C=O) groups excluding carboxylic acids is 3. The standard InChI is InChI=1S/C47H50FN9O5/c1-2-27-5-3-6-28-19-31(58)20-33(39(27)28)41-40(48)42-34(21-49-41)43(55-22-29-9-10-30(23-55)50-29)53-46(52-42)62-18-17-54-15-13-47(14-16-54)25-56(26-47)36-8-4-7-32-35(36)24-57(45(32)61)37-11-12-38(59)51-44(37)60/h3-8,19-21,29-30,37,50,58H,2,9-18,22-26H2,1H3,(H,51,59,60). The van der Waals surface area contributed by atoms with Gasteiger partial charge in [-0.05, 0) is 92.2 Å². The van der Waals surface area contributed by atoms with Crippen molar-refractivity contribution in [1.29, 1.82) is 0 Å². The molecule has 6 aliphatic heterocycles. The summed E-state index contributed by atoms with van der Waals surface area (Å²) in [4.78, 5) is 60.8. The number of anilines is 2. The van der Waals surface area contributed by atoms with Crippen LogP contribution in [-0.2, 0) is 22.6 Å². The Morgan fingerprint density at radius 2 is 1.74 bits per heavy atom. The third-order valence-corrected chi connectivity index (χ3v) is 14.3. The number of aryl methyl sites for hydroxylation is 1. The number of hydrogen-bond acceptors (Lipinski definition) is 12. The molecule has 11 rings (SSSR count). The molecular formula is C47H50FN9O5. The normalized spacial score (nSPS) is 23.4. The molecule has 15 heteroatoms. The van der Waals surface area contributed by atoms with Gasteiger partial charge in [0.05, 0.1) is 5.39 Å². The van der Waals surface area contributed by atoms with Crippen LogP contribution in [0.15, 0.2) is 54.7 Å². The molecule has 3 N–H and O–H groups in total. The maximum Gasteiger partial charge on any atom is 0.319 e. The second kappa shape index (κ2) is 15.2. The van der Waals surface area contributed by atoms with Gasteiger partial charge in [0.25, 0.3) is 5.91 Å². The highest BCUT2D eigenvalue weighted by Gasteiger charge is 2.47. The van der Waals surface area contributed by atoms with Crippen molar-refractivity contribution < 1.29 is 28.6 Å². The molecule has 2 aromatic heterocycles. The molecule has 0 saturated carbocycles. The second-order valence-corrected chi connectivity index (χ2v) is 18.2. The molecule has 1 spiro atoms. The fourth-order valence-corrected chi connectivity index (χ4v) is 11.1. The number of hydrogen-bond donors (Lipinski definition) is 3. The van der Waals surface area contributed by atoms with E-state index in [9.17, 15) is 19.5 Å². The number of halogens is 1. The number of pyridine rings is 1. The van der Waals surface area contributed by atoms with E-state index in [2.05, 4.69) is 38.3 Å². The summed E-state index contributed by atoms with van der Waals surface area (Å²) in [6.45, 7) is 8.60. The molecule has 5 aromatic rings. The number of phenols is 1. The van der Waals surface area contributed by atoms with Crippen molar-refractivity contribution in [2.45, 2.75) is 76.5 Å². The molecule has 320 valence electrons. The van der Waals surface area contributed by atoms with Crippen LogP contribution >= 0.6 is 0 Å². The molecule has 2 bridgehead atoms. The first-order valence-electron chi connectivity index (χ1n) is 22.1. The number of aromatic hydroxyl groups is 1. The van der Waals surface area contributed by atoms with Crippen molar-refractivity contribution in [1.82, 2.24) is 35.4 Å². The zero-order chi connectivity index (χ0) is 42.3. The Labute approximate surface area is 358 Å². The fourth-order valence-electron chi connectivity index (χ4n) is 11.1. The van der Waals surface area contributed by atoms with Crippen molar-refractivity contribution in [2.75, 3.05) is 62.2 Å². The molecule has 3 atom stereocenters. The SMILES string of the molecule is CCc1cccc2cc(O)cc(-c3ncc4c(N5CC6CCC(C5)N6)nc(OCCN5CCC6(CC5)CN(c5cccc7c5CN(C5CCC(=O)NC5=O)C7=O)C6)nc4c3F)c12. The minimum atomic E-state index is -0.633. The molecule has 5 fully saturated rings. The summed E-state index contributed by atoms with van der Waals surface area (Å²) in [7, 11) is 0. The average molecular weight is 840 g/mol. The van der Waals surface area contributed by atoms with E-state index in [1.807, 2.05) is 30.3 Å². The zero-order valence-corrected chi connectivity index (χ0v) is 34.8. The summed E-state index contributed by atoms with van der Waals surface area (Å²) in [5.41, 5.74) is 4.68. The molecule has 3 aromatic carbocycles. The van der Waals surface area contributed by atoms with Crippen molar-refractivity contribution in [3.05, 3.63) is 77.2 Å². The molecule has 0 aliphatic carbocycles. The van der Waals surface area contributed by atoms with Crippen LogP contribution in [0.4, 0.5) is 15.9 Å². The lowest BCUT2D eigenvalue weighted by Gasteiger charge is -2.55. The number of rotatable bonds is 9. The summed E-state index contributed by atoms with van der Waals surface area (Å²) < 4.78 is 23.3. The Balaban J connectivity index is 0.781. The van der Waals surface area contributed by atoms with Crippen LogP contribution in [0.2, 0.25) is 0 Å². The second-order valence-electron chi connectivity index (χ2n) is 18.2. The minimum Gasteiger partial charge on any atom is -0.508 e. The van der Waals surface area contributed by atoms with Gasteiger partial charge in [-0.3, -0.25) is 29.6 Å². The molecule has 14 nitrogen and oxygen atoms in total. The molecular weight excluding hydrogens is 790 g/mol. The van der Waals surface area contributed by atoms with Gasteiger partial charge in [0.2, 0.25) is 11.8 Å². The van der Waals surface area contributed by atoms with Gasteiger partial charge in [-0.2, -0.15) is 9.97 Å². The summed E-state index contributed by atoms with van der Waals surface area (Å²) in [6.07, 6.45) is 7.23. The van der Waals surface area contributed by atoms with E-state index in [1.165, 1.54) is 0 Å². The van der Waals surface area contributed by atoms with Crippen LogP contribution in [0, 0.1) is 11.2 Å². The molecule has 0 radical (unpaired) electrons. The number of phenolic OH excluding ortho intramolecular Hbond substituents is 1. The first-order chi connectivity index (χ1) is 30.1. The number of fused-ring (bicyclic) bond motifs is 5. The van der Waals surface area contributed by atoms with Crippen LogP contribution in [0.25, 0.3) is 32.9 Å². The lowest BCUT2D eigenvalue weighted by Crippen LogP contribution is -2.61. The van der Waals surface area contributed by atoms with E-state index in [-0.39, 0.29) is 46.6 Å². The van der Waals surface area contributed by atoms with Crippen LogP contribution in [0.1, 0.15) is 66.9 Å². The van der Waals surface area contributed by atoms with Gasteiger partial charge >= 0.3 is 6.01 Å². The maximum absolute atomic E-state index is 17.0. The van der Waals surface area contributed by atoms with Crippen LogP contribution in [0.3, 0.4) is 0 Å². The number of carbonyl (C=O) groups is 3. The number of nitrogens with zero attached hydrogens (tertiary/aromatic N) is 7. The quantitative estimate of drug-likeness (QED) is 0.172. The van der Waals surface area contributed by atoms with Crippen molar-refractivity contribution >= 4 is 50.9 Å². The summed E-state index contributed by atoms with van der Waals surface area (Å²) in [6, 6.07) is 15.2. The predicted octanol–water partition coefficient (Wildman–Crippen LogP) is 4.93. The molecule has 3 unspecified atom stereocenters. The van der Waals surface area contributed by atoms with Crippen molar-refractivity contribution in [3.63, 3.8) is 0 Å². The van der Waals surface area contributed by atoms with E-state index < -0.39 is 17.8 Å². The highest BCUT2D eigenvalue weighted by Crippen LogP contribution is 2.46. The lowest BCUT2D eigenvalue weighted by atomic mass is 9.71. The number of likely N-dealkylation sites (tertiary alicyclic amines) is 1. The Hall–Kier alpha value is -5.93. The van der Waals surface area contributed by atoms with Crippen LogP contribution in [0.5, 0.6) is 11.8 Å². The fraction of sp³-hybridized carbons (Fsp3) is 0.447. The molecule has 5 saturated heterocycles. The van der Waals surface area contributed by atoms with Crippen molar-refractivity contribution in [2.24, 2.45) is 5.41 Å². The van der Waals surface area contributed by atoms with Crippen LogP contribution < -0.4 is 25.2 Å². The number of amides is 3. The number of nitrogens with one attached hydrogen (secondary N) is 2. The van der Waals surface area contributed by atoms with Gasteiger partial charge in [0, 0.05) is 91.8 Å². The number of benzene rings is 3. The van der Waals surface area contributed by atoms with E-state index >= 15 is 4.39 Å². The van der Waals surface area contributed by atoms with E-state index in [0.717, 1.165) is 99.0 Å². The molecule has 8 heterocycles. The summed E-state index contributed by atoms with van der Waals surface area (Å²) >= 11 is 0. The maximum atomic E-state index is 17.0. The summed E-state index contributed by atoms with van der Waals surface area (Å²) in [5, 5.41) is 19.0. The number of piperidine rings is 2. The lowest BCUT2D eigenvalue weighted by molar-refractivity contribution is -0.136. The summed E-state index contributed by atoms with van der Waals surface area (Å²) in [5.74, 6) is -0.736. The smallest absolute Gasteiger partial charge is 0.319 e. The molecule has 3 amide bonds. The Kier molecular flexibility index (Phi) is 9.52. The Morgan fingerprint density at radius 3 is 2.52 bits per heavy atom. The van der Waals surface area contributed by atoms with Gasteiger partial charge in [0.15, 0.2) is 5.82 Å². The van der Waals surface area contributed by atoms with Gasteiger partial charge in [-0.1, -0.05) is 31.2 Å². The highest BCUT2D eigenvalue weighted by molar-refractivity contribution is 6.06. The molecule has 6 aliphatic rings. The Bertz CT molecular complexity index is 2650. The number of ether oxygens (including phenoxy) is 1. The number of imide groups is 1. The largest absolute Gasteiger partial charge is 0.508 e. The monoisotopic (exact) mass is 839 g/mol. The first kappa shape index (κ1) is 39.0. The first-order valence-corrected chi connectivity index (χ1v) is 22.1. The third-order valence-electron chi connectivity index (χ3n) is 14.3. The van der Waals surface area contributed by atoms with Gasteiger partial charge in [-0.25, -0.2) is 4.39 Å². The van der Waals surface area contributed by atoms with E-state index in [1.54, 1.807) is 23.2 Å². The third kappa shape index (κ3) is 6.67. The minimum absolute atomic E-state index is 0.0427. The van der Waals surface area contributed by atoms with E-state index in [0.29, 0.717) is 60.5 Å². The van der Waals surface area contributed by atoms with Gasteiger partial charge in [-0.15, -0.1) is 0 Å². The highest BCUT2D eigenvalue weighted by atomic mass is 19.1.